The van der Waals surface area contributed by atoms with Crippen LogP contribution in [0, 0.1) is 5.82 Å². The SMILES string of the molecule is CCCCCCCCCCNc1cccc(F)c1. The van der Waals surface area contributed by atoms with Crippen LogP contribution in [0.3, 0.4) is 0 Å². The van der Waals surface area contributed by atoms with E-state index in [1.165, 1.54) is 57.4 Å². The third-order valence-electron chi connectivity index (χ3n) is 3.18. The molecular formula is C16H26FN. The Morgan fingerprint density at radius 3 is 2.28 bits per heavy atom. The molecule has 0 heterocycles. The van der Waals surface area contributed by atoms with Crippen LogP contribution in [0.1, 0.15) is 58.3 Å². The van der Waals surface area contributed by atoms with Gasteiger partial charge in [0.05, 0.1) is 0 Å². The van der Waals surface area contributed by atoms with Crippen molar-refractivity contribution in [3.05, 3.63) is 30.1 Å². The van der Waals surface area contributed by atoms with Crippen molar-refractivity contribution in [2.45, 2.75) is 58.3 Å². The summed E-state index contributed by atoms with van der Waals surface area (Å²) in [6.45, 7) is 3.19. The molecule has 0 saturated heterocycles. The highest BCUT2D eigenvalue weighted by atomic mass is 19.1. The van der Waals surface area contributed by atoms with E-state index >= 15 is 0 Å². The van der Waals surface area contributed by atoms with Gasteiger partial charge >= 0.3 is 0 Å². The van der Waals surface area contributed by atoms with Gasteiger partial charge in [-0.2, -0.15) is 0 Å². The van der Waals surface area contributed by atoms with E-state index in [-0.39, 0.29) is 5.82 Å². The van der Waals surface area contributed by atoms with Crippen molar-refractivity contribution in [2.75, 3.05) is 11.9 Å². The van der Waals surface area contributed by atoms with E-state index in [9.17, 15) is 4.39 Å². The van der Waals surface area contributed by atoms with Gasteiger partial charge in [0.15, 0.2) is 0 Å². The zero-order chi connectivity index (χ0) is 13.1. The molecule has 0 unspecified atom stereocenters. The first-order valence-electron chi connectivity index (χ1n) is 7.32. The molecule has 102 valence electrons. The molecule has 0 aliphatic rings. The van der Waals surface area contributed by atoms with Crippen molar-refractivity contribution in [1.82, 2.24) is 0 Å². The molecule has 0 bridgehead atoms. The number of halogens is 1. The van der Waals surface area contributed by atoms with Crippen LogP contribution in [0.25, 0.3) is 0 Å². The maximum absolute atomic E-state index is 12.9. The molecule has 1 rings (SSSR count). The van der Waals surface area contributed by atoms with Crippen LogP contribution in [-0.2, 0) is 0 Å². The minimum atomic E-state index is -0.170. The van der Waals surface area contributed by atoms with Crippen molar-refractivity contribution in [2.24, 2.45) is 0 Å². The predicted octanol–water partition coefficient (Wildman–Crippen LogP) is 5.38. The van der Waals surface area contributed by atoms with E-state index in [4.69, 9.17) is 0 Å². The molecule has 1 nitrogen and oxygen atoms in total. The smallest absolute Gasteiger partial charge is 0.125 e. The first kappa shape index (κ1) is 15.0. The zero-order valence-corrected chi connectivity index (χ0v) is 11.6. The Hall–Kier alpha value is -1.05. The normalized spacial score (nSPS) is 10.6. The van der Waals surface area contributed by atoms with Gasteiger partial charge in [-0.15, -0.1) is 0 Å². The Labute approximate surface area is 111 Å². The van der Waals surface area contributed by atoms with Crippen LogP contribution in [-0.4, -0.2) is 6.54 Å². The molecular weight excluding hydrogens is 225 g/mol. The van der Waals surface area contributed by atoms with Gasteiger partial charge in [-0.3, -0.25) is 0 Å². The number of hydrogen-bond donors (Lipinski definition) is 1. The maximum atomic E-state index is 12.9. The lowest BCUT2D eigenvalue weighted by atomic mass is 10.1. The first-order valence-corrected chi connectivity index (χ1v) is 7.32. The highest BCUT2D eigenvalue weighted by Crippen LogP contribution is 2.11. The number of anilines is 1. The van der Waals surface area contributed by atoms with Gasteiger partial charge in [0.1, 0.15) is 5.82 Å². The highest BCUT2D eigenvalue weighted by molar-refractivity contribution is 5.42. The van der Waals surface area contributed by atoms with Gasteiger partial charge in [0.2, 0.25) is 0 Å². The Kier molecular flexibility index (Phi) is 8.28. The number of hydrogen-bond acceptors (Lipinski definition) is 1. The standard InChI is InChI=1S/C16H26FN/c1-2-3-4-5-6-7-8-9-13-18-16-12-10-11-15(17)14-16/h10-12,14,18H,2-9,13H2,1H3. The molecule has 18 heavy (non-hydrogen) atoms. The minimum Gasteiger partial charge on any atom is -0.385 e. The van der Waals surface area contributed by atoms with E-state index < -0.39 is 0 Å². The monoisotopic (exact) mass is 251 g/mol. The fourth-order valence-electron chi connectivity index (χ4n) is 2.09. The quantitative estimate of drug-likeness (QED) is 0.551. The average molecular weight is 251 g/mol. The summed E-state index contributed by atoms with van der Waals surface area (Å²) in [6.07, 6.45) is 10.6. The van der Waals surface area contributed by atoms with Gasteiger partial charge in [0.25, 0.3) is 0 Å². The zero-order valence-electron chi connectivity index (χ0n) is 11.6. The topological polar surface area (TPSA) is 12.0 Å². The van der Waals surface area contributed by atoms with Crippen LogP contribution < -0.4 is 5.32 Å². The van der Waals surface area contributed by atoms with Gasteiger partial charge < -0.3 is 5.32 Å². The second-order valence-corrected chi connectivity index (χ2v) is 4.91. The minimum absolute atomic E-state index is 0.170. The van der Waals surface area contributed by atoms with Crippen molar-refractivity contribution >= 4 is 5.69 Å². The fraction of sp³-hybridized carbons (Fsp3) is 0.625. The van der Waals surface area contributed by atoms with Gasteiger partial charge in [0, 0.05) is 12.2 Å². The molecule has 1 N–H and O–H groups in total. The van der Waals surface area contributed by atoms with Crippen molar-refractivity contribution < 1.29 is 4.39 Å². The van der Waals surface area contributed by atoms with E-state index in [1.807, 2.05) is 6.07 Å². The van der Waals surface area contributed by atoms with Crippen molar-refractivity contribution in [3.8, 4) is 0 Å². The summed E-state index contributed by atoms with van der Waals surface area (Å²) < 4.78 is 12.9. The molecule has 0 aliphatic carbocycles. The van der Waals surface area contributed by atoms with Gasteiger partial charge in [-0.25, -0.2) is 4.39 Å². The second-order valence-electron chi connectivity index (χ2n) is 4.91. The van der Waals surface area contributed by atoms with Crippen LogP contribution in [0.5, 0.6) is 0 Å². The van der Waals surface area contributed by atoms with E-state index in [1.54, 1.807) is 12.1 Å². The number of nitrogens with one attached hydrogen (secondary N) is 1. The van der Waals surface area contributed by atoms with Crippen LogP contribution in [0.15, 0.2) is 24.3 Å². The number of benzene rings is 1. The molecule has 0 saturated carbocycles. The third kappa shape index (κ3) is 7.31. The molecule has 0 aromatic heterocycles. The lowest BCUT2D eigenvalue weighted by Gasteiger charge is -2.06. The van der Waals surface area contributed by atoms with E-state index in [0.717, 1.165) is 12.2 Å². The third-order valence-corrected chi connectivity index (χ3v) is 3.18. The fourth-order valence-corrected chi connectivity index (χ4v) is 2.09. The average Bonchev–Trinajstić information content (AvgIpc) is 2.37. The molecule has 0 spiro atoms. The number of unbranched alkanes of at least 4 members (excludes halogenated alkanes) is 7. The Bertz CT molecular complexity index is 312. The maximum Gasteiger partial charge on any atom is 0.125 e. The lowest BCUT2D eigenvalue weighted by Crippen LogP contribution is -2.01. The summed E-state index contributed by atoms with van der Waals surface area (Å²) in [4.78, 5) is 0. The predicted molar refractivity (Wildman–Crippen MR) is 77.5 cm³/mol. The summed E-state index contributed by atoms with van der Waals surface area (Å²) in [5, 5.41) is 3.26. The Morgan fingerprint density at radius 1 is 0.944 bits per heavy atom. The summed E-state index contributed by atoms with van der Waals surface area (Å²) in [5.41, 5.74) is 0.887. The Morgan fingerprint density at radius 2 is 1.61 bits per heavy atom. The second kappa shape index (κ2) is 9.93. The first-order chi connectivity index (χ1) is 8.83. The molecule has 0 amide bonds. The van der Waals surface area contributed by atoms with E-state index in [0.29, 0.717) is 0 Å². The summed E-state index contributed by atoms with van der Waals surface area (Å²) >= 11 is 0. The summed E-state index contributed by atoms with van der Waals surface area (Å²) in [5.74, 6) is -0.170. The molecule has 0 radical (unpaired) electrons. The Balaban J connectivity index is 1.92. The summed E-state index contributed by atoms with van der Waals surface area (Å²) in [6, 6.07) is 6.67. The van der Waals surface area contributed by atoms with Crippen LogP contribution in [0.2, 0.25) is 0 Å². The molecule has 1 aromatic rings. The van der Waals surface area contributed by atoms with Crippen LogP contribution in [0.4, 0.5) is 10.1 Å². The van der Waals surface area contributed by atoms with Crippen molar-refractivity contribution in [1.29, 1.82) is 0 Å². The largest absolute Gasteiger partial charge is 0.385 e. The lowest BCUT2D eigenvalue weighted by molar-refractivity contribution is 0.581. The highest BCUT2D eigenvalue weighted by Gasteiger charge is 1.94. The van der Waals surface area contributed by atoms with Crippen molar-refractivity contribution in [3.63, 3.8) is 0 Å². The molecule has 2 heteroatoms. The van der Waals surface area contributed by atoms with Gasteiger partial charge in [-0.1, -0.05) is 57.9 Å². The number of rotatable bonds is 10. The molecule has 0 aliphatic heterocycles. The molecule has 0 fully saturated rings. The van der Waals surface area contributed by atoms with Gasteiger partial charge in [-0.05, 0) is 24.6 Å². The van der Waals surface area contributed by atoms with Crippen LogP contribution >= 0.6 is 0 Å². The van der Waals surface area contributed by atoms with E-state index in [2.05, 4.69) is 12.2 Å². The summed E-state index contributed by atoms with van der Waals surface area (Å²) in [7, 11) is 0. The molecule has 0 atom stereocenters. The molecule has 1 aromatic carbocycles.